The number of piperidine rings is 1. The summed E-state index contributed by atoms with van der Waals surface area (Å²) in [4.78, 5) is 13.9. The van der Waals surface area contributed by atoms with Crippen LogP contribution in [-0.4, -0.2) is 36.2 Å². The van der Waals surface area contributed by atoms with Crippen molar-refractivity contribution in [2.24, 2.45) is 5.92 Å². The quantitative estimate of drug-likeness (QED) is 0.659. The fourth-order valence-corrected chi connectivity index (χ4v) is 3.46. The van der Waals surface area contributed by atoms with Gasteiger partial charge in [-0.25, -0.2) is 4.79 Å². The molecule has 4 nitrogen and oxygen atoms in total. The fourth-order valence-electron chi connectivity index (χ4n) is 2.53. The number of amides is 1. The van der Waals surface area contributed by atoms with Gasteiger partial charge in [0.2, 0.25) is 0 Å². The predicted octanol–water partition coefficient (Wildman–Crippen LogP) is 5.00. The summed E-state index contributed by atoms with van der Waals surface area (Å²) in [6.07, 6.45) is 1.76. The van der Waals surface area contributed by atoms with Crippen LogP contribution in [0.25, 0.3) is 0 Å². The Morgan fingerprint density at radius 2 is 2.04 bits per heavy atom. The van der Waals surface area contributed by atoms with Gasteiger partial charge in [0.1, 0.15) is 5.60 Å². The summed E-state index contributed by atoms with van der Waals surface area (Å²) in [6, 6.07) is 6.01. The van der Waals surface area contributed by atoms with Crippen LogP contribution >= 0.6 is 34.2 Å². The van der Waals surface area contributed by atoms with Gasteiger partial charge in [0.05, 0.1) is 10.7 Å². The molecule has 2 rings (SSSR count). The second-order valence-corrected chi connectivity index (χ2v) is 8.57. The van der Waals surface area contributed by atoms with E-state index < -0.39 is 5.60 Å². The third kappa shape index (κ3) is 6.03. The molecular formula is C17H24ClIN2O2. The lowest BCUT2D eigenvalue weighted by Gasteiger charge is -2.33. The first kappa shape index (κ1) is 18.6. The van der Waals surface area contributed by atoms with E-state index in [1.54, 1.807) is 4.90 Å². The molecule has 1 amide bonds. The number of carbonyl (C=O) groups is 1. The molecule has 1 saturated heterocycles. The number of rotatable bonds is 3. The van der Waals surface area contributed by atoms with E-state index in [1.807, 2.05) is 39.0 Å². The first-order chi connectivity index (χ1) is 10.7. The van der Waals surface area contributed by atoms with Gasteiger partial charge in [-0.1, -0.05) is 11.6 Å². The molecule has 1 heterocycles. The zero-order valence-electron chi connectivity index (χ0n) is 13.9. The van der Waals surface area contributed by atoms with Crippen LogP contribution < -0.4 is 5.32 Å². The Morgan fingerprint density at radius 1 is 1.39 bits per heavy atom. The molecular weight excluding hydrogens is 427 g/mol. The number of benzene rings is 1. The number of ether oxygens (including phenoxy) is 1. The largest absolute Gasteiger partial charge is 0.444 e. The van der Waals surface area contributed by atoms with Crippen LogP contribution in [0, 0.1) is 9.49 Å². The van der Waals surface area contributed by atoms with Gasteiger partial charge in [0, 0.05) is 23.2 Å². The molecule has 1 aliphatic heterocycles. The van der Waals surface area contributed by atoms with Gasteiger partial charge in [-0.15, -0.1) is 0 Å². The van der Waals surface area contributed by atoms with E-state index in [0.717, 1.165) is 46.8 Å². The van der Waals surface area contributed by atoms with Crippen LogP contribution in [-0.2, 0) is 4.74 Å². The molecule has 0 unspecified atom stereocenters. The highest BCUT2D eigenvalue weighted by atomic mass is 127. The average molecular weight is 451 g/mol. The second kappa shape index (κ2) is 7.92. The molecule has 0 atom stereocenters. The molecule has 1 aromatic carbocycles. The lowest BCUT2D eigenvalue weighted by atomic mass is 9.97. The minimum Gasteiger partial charge on any atom is -0.444 e. The first-order valence-corrected chi connectivity index (χ1v) is 9.37. The Morgan fingerprint density at radius 3 is 2.61 bits per heavy atom. The van der Waals surface area contributed by atoms with Crippen molar-refractivity contribution in [2.45, 2.75) is 39.2 Å². The van der Waals surface area contributed by atoms with Crippen molar-refractivity contribution in [3.8, 4) is 0 Å². The van der Waals surface area contributed by atoms with Gasteiger partial charge in [0.25, 0.3) is 0 Å². The summed E-state index contributed by atoms with van der Waals surface area (Å²) in [5, 5.41) is 4.18. The highest BCUT2D eigenvalue weighted by Gasteiger charge is 2.26. The van der Waals surface area contributed by atoms with Gasteiger partial charge < -0.3 is 15.0 Å². The zero-order chi connectivity index (χ0) is 17.0. The summed E-state index contributed by atoms with van der Waals surface area (Å²) in [7, 11) is 0. The van der Waals surface area contributed by atoms with E-state index in [4.69, 9.17) is 16.3 Å². The summed E-state index contributed by atoms with van der Waals surface area (Å²) in [5.41, 5.74) is 0.540. The molecule has 0 radical (unpaired) electrons. The van der Waals surface area contributed by atoms with E-state index in [-0.39, 0.29) is 6.09 Å². The summed E-state index contributed by atoms with van der Waals surface area (Å²) >= 11 is 8.49. The molecule has 23 heavy (non-hydrogen) atoms. The van der Waals surface area contributed by atoms with Crippen molar-refractivity contribution in [1.82, 2.24) is 4.90 Å². The van der Waals surface area contributed by atoms with Gasteiger partial charge in [0.15, 0.2) is 0 Å². The molecule has 0 bridgehead atoms. The Labute approximate surface area is 157 Å². The molecule has 0 aliphatic carbocycles. The van der Waals surface area contributed by atoms with E-state index in [2.05, 4.69) is 27.9 Å². The van der Waals surface area contributed by atoms with E-state index in [9.17, 15) is 4.79 Å². The number of likely N-dealkylation sites (tertiary alicyclic amines) is 1. The predicted molar refractivity (Wildman–Crippen MR) is 103 cm³/mol. The van der Waals surface area contributed by atoms with E-state index in [1.165, 1.54) is 0 Å². The van der Waals surface area contributed by atoms with Crippen LogP contribution in [0.5, 0.6) is 0 Å². The second-order valence-electron chi connectivity index (χ2n) is 6.92. The Hall–Kier alpha value is -0.690. The van der Waals surface area contributed by atoms with Gasteiger partial charge in [-0.3, -0.25) is 0 Å². The molecule has 1 aromatic rings. The smallest absolute Gasteiger partial charge is 0.410 e. The third-order valence-corrected chi connectivity index (χ3v) is 4.76. The third-order valence-electron chi connectivity index (χ3n) is 3.78. The summed E-state index contributed by atoms with van der Waals surface area (Å²) in [5.74, 6) is 0.545. The standard InChI is InChI=1S/C17H24ClIN2O2/c1-17(2,3)23-16(22)21-8-6-12(7-9-21)11-20-15-5-4-13(19)10-14(15)18/h4-5,10,12,20H,6-9,11H2,1-3H3. The number of hydrogen-bond donors (Lipinski definition) is 1. The van der Waals surface area contributed by atoms with E-state index >= 15 is 0 Å². The Bertz CT molecular complexity index is 552. The van der Waals surface area contributed by atoms with Crippen LogP contribution in [0.15, 0.2) is 18.2 Å². The fraction of sp³-hybridized carbons (Fsp3) is 0.588. The topological polar surface area (TPSA) is 41.6 Å². The lowest BCUT2D eigenvalue weighted by molar-refractivity contribution is 0.0188. The molecule has 1 fully saturated rings. The number of carbonyl (C=O) groups excluding carboxylic acids is 1. The SMILES string of the molecule is CC(C)(C)OC(=O)N1CCC(CNc2ccc(I)cc2Cl)CC1. The number of halogens is 2. The van der Waals surface area contributed by atoms with Crippen LogP contribution in [0.3, 0.4) is 0 Å². The Balaban J connectivity index is 1.77. The maximum atomic E-state index is 12.0. The highest BCUT2D eigenvalue weighted by Crippen LogP contribution is 2.25. The van der Waals surface area contributed by atoms with Gasteiger partial charge in [-0.2, -0.15) is 0 Å². The number of hydrogen-bond acceptors (Lipinski definition) is 3. The molecule has 0 spiro atoms. The van der Waals surface area contributed by atoms with Crippen molar-refractivity contribution in [1.29, 1.82) is 0 Å². The highest BCUT2D eigenvalue weighted by molar-refractivity contribution is 14.1. The number of nitrogens with zero attached hydrogens (tertiary/aromatic N) is 1. The van der Waals surface area contributed by atoms with Crippen LogP contribution in [0.1, 0.15) is 33.6 Å². The molecule has 1 aliphatic rings. The summed E-state index contributed by atoms with van der Waals surface area (Å²) < 4.78 is 6.55. The molecule has 0 saturated carbocycles. The van der Waals surface area contributed by atoms with Crippen molar-refractivity contribution in [2.75, 3.05) is 25.0 Å². The lowest BCUT2D eigenvalue weighted by Crippen LogP contribution is -2.42. The molecule has 128 valence electrons. The number of nitrogens with one attached hydrogen (secondary N) is 1. The molecule has 6 heteroatoms. The summed E-state index contributed by atoms with van der Waals surface area (Å²) in [6.45, 7) is 8.07. The minimum atomic E-state index is -0.433. The van der Waals surface area contributed by atoms with Crippen molar-refractivity contribution >= 4 is 46.0 Å². The van der Waals surface area contributed by atoms with Gasteiger partial charge in [-0.05, 0) is 80.3 Å². The Kier molecular flexibility index (Phi) is 6.42. The normalized spacial score (nSPS) is 16.3. The number of anilines is 1. The molecule has 0 aromatic heterocycles. The zero-order valence-corrected chi connectivity index (χ0v) is 16.8. The molecule has 1 N–H and O–H groups in total. The van der Waals surface area contributed by atoms with Crippen molar-refractivity contribution in [3.63, 3.8) is 0 Å². The van der Waals surface area contributed by atoms with Crippen molar-refractivity contribution < 1.29 is 9.53 Å². The monoisotopic (exact) mass is 450 g/mol. The van der Waals surface area contributed by atoms with Crippen LogP contribution in [0.2, 0.25) is 5.02 Å². The average Bonchev–Trinajstić information content (AvgIpc) is 2.45. The van der Waals surface area contributed by atoms with Crippen LogP contribution in [0.4, 0.5) is 10.5 Å². The first-order valence-electron chi connectivity index (χ1n) is 7.91. The maximum Gasteiger partial charge on any atom is 0.410 e. The van der Waals surface area contributed by atoms with Gasteiger partial charge >= 0.3 is 6.09 Å². The van der Waals surface area contributed by atoms with E-state index in [0.29, 0.717) is 5.92 Å². The maximum absolute atomic E-state index is 12.0. The minimum absolute atomic E-state index is 0.204. The van der Waals surface area contributed by atoms with Crippen molar-refractivity contribution in [3.05, 3.63) is 26.8 Å².